The molecule has 0 atom stereocenters. The Hall–Kier alpha value is -2.10. The molecule has 0 radical (unpaired) electrons. The molecule has 0 unspecified atom stereocenters. The molecule has 10 heteroatoms. The molecule has 0 aliphatic rings. The summed E-state index contributed by atoms with van der Waals surface area (Å²) in [6.45, 7) is -1.08. The number of H-pyrrole nitrogens is 1. The van der Waals surface area contributed by atoms with Gasteiger partial charge in [-0.3, -0.25) is 0 Å². The maximum atomic E-state index is 11.9. The number of pyridine rings is 1. The number of hydrogen-bond donors (Lipinski definition) is 2. The summed E-state index contributed by atoms with van der Waals surface area (Å²) in [5.74, 6) is -2.14. The van der Waals surface area contributed by atoms with Gasteiger partial charge in [0.15, 0.2) is 5.75 Å². The predicted molar refractivity (Wildman–Crippen MR) is 46.3 cm³/mol. The molecule has 0 aliphatic heterocycles. The normalized spacial score (nSPS) is 11.3. The Labute approximate surface area is 90.6 Å². The molecule has 94 valence electrons. The van der Waals surface area contributed by atoms with Crippen molar-refractivity contribution in [3.05, 3.63) is 32.1 Å². The van der Waals surface area contributed by atoms with Crippen LogP contribution in [0.2, 0.25) is 0 Å². The van der Waals surface area contributed by atoms with Crippen molar-refractivity contribution in [1.29, 1.82) is 0 Å². The third-order valence-electron chi connectivity index (χ3n) is 1.65. The third-order valence-corrected chi connectivity index (χ3v) is 1.65. The fraction of sp³-hybridized carbons (Fsp3) is 0.286. The number of aromatic nitrogens is 1. The lowest BCUT2D eigenvalue weighted by atomic mass is 10.2. The van der Waals surface area contributed by atoms with Crippen molar-refractivity contribution in [2.45, 2.75) is 13.0 Å². The van der Waals surface area contributed by atoms with Gasteiger partial charge in [0.1, 0.15) is 5.56 Å². The lowest BCUT2D eigenvalue weighted by Crippen LogP contribution is -2.21. The fourth-order valence-electron chi connectivity index (χ4n) is 1.08. The molecular weight excluding hydrogens is 249 g/mol. The van der Waals surface area contributed by atoms with E-state index in [1.807, 2.05) is 0 Å². The average Bonchev–Trinajstić information content (AvgIpc) is 2.14. The van der Waals surface area contributed by atoms with Gasteiger partial charge in [0.05, 0.1) is 12.7 Å². The molecule has 1 rings (SSSR count). The van der Waals surface area contributed by atoms with E-state index in [1.54, 1.807) is 4.98 Å². The minimum atomic E-state index is -5.12. The second-order valence-electron chi connectivity index (χ2n) is 2.79. The van der Waals surface area contributed by atoms with Crippen molar-refractivity contribution >= 4 is 5.82 Å². The number of halogens is 3. The number of aliphatic hydroxyl groups excluding tert-OH is 1. The van der Waals surface area contributed by atoms with Crippen LogP contribution in [-0.4, -0.2) is 21.4 Å². The third kappa shape index (κ3) is 3.17. The van der Waals surface area contributed by atoms with Gasteiger partial charge in [-0.25, -0.2) is 9.78 Å². The second-order valence-corrected chi connectivity index (χ2v) is 2.79. The van der Waals surface area contributed by atoms with Crippen molar-refractivity contribution in [2.24, 2.45) is 0 Å². The summed E-state index contributed by atoms with van der Waals surface area (Å²) in [4.78, 5) is 21.9. The number of nitrogens with zero attached hydrogens (tertiary/aromatic N) is 1. The van der Waals surface area contributed by atoms with Crippen molar-refractivity contribution in [1.82, 2.24) is 4.98 Å². The van der Waals surface area contributed by atoms with Gasteiger partial charge in [0.2, 0.25) is 0 Å². The van der Waals surface area contributed by atoms with Crippen LogP contribution in [0.15, 0.2) is 10.9 Å². The molecule has 0 bridgehead atoms. The molecule has 0 saturated carbocycles. The van der Waals surface area contributed by atoms with Gasteiger partial charge in [0, 0.05) is 0 Å². The Kier molecular flexibility index (Phi) is 3.36. The smallest absolute Gasteiger partial charge is 0.405 e. The maximum absolute atomic E-state index is 11.9. The molecule has 0 spiro atoms. The first kappa shape index (κ1) is 13.0. The zero-order chi connectivity index (χ0) is 13.2. The minimum Gasteiger partial charge on any atom is -0.405 e. The van der Waals surface area contributed by atoms with Gasteiger partial charge < -0.3 is 20.0 Å². The molecule has 0 aromatic carbocycles. The van der Waals surface area contributed by atoms with E-state index in [9.17, 15) is 28.1 Å². The summed E-state index contributed by atoms with van der Waals surface area (Å²) in [6.07, 6.45) is -5.12. The lowest BCUT2D eigenvalue weighted by molar-refractivity contribution is -0.391. The van der Waals surface area contributed by atoms with E-state index in [2.05, 4.69) is 4.74 Å². The summed E-state index contributed by atoms with van der Waals surface area (Å²) < 4.78 is 39.2. The number of nitrogens with one attached hydrogen (secondary N) is 1. The van der Waals surface area contributed by atoms with E-state index in [1.165, 1.54) is 0 Å². The highest BCUT2D eigenvalue weighted by molar-refractivity contribution is 5.43. The highest BCUT2D eigenvalue weighted by atomic mass is 19.4. The van der Waals surface area contributed by atoms with Crippen molar-refractivity contribution in [2.75, 3.05) is 0 Å². The fourth-order valence-corrected chi connectivity index (χ4v) is 1.08. The first-order valence-corrected chi connectivity index (χ1v) is 4.02. The molecule has 0 amide bonds. The van der Waals surface area contributed by atoms with Crippen LogP contribution in [0, 0.1) is 10.1 Å². The van der Waals surface area contributed by atoms with Crippen LogP contribution in [0.3, 0.4) is 0 Å². The largest absolute Gasteiger partial charge is 0.573 e. The molecule has 0 saturated heterocycles. The molecule has 7 nitrogen and oxygen atoms in total. The molecule has 1 aromatic rings. The van der Waals surface area contributed by atoms with E-state index in [4.69, 9.17) is 5.11 Å². The van der Waals surface area contributed by atoms with Crippen LogP contribution in [0.5, 0.6) is 5.75 Å². The number of ether oxygens (including phenoxy) is 1. The Morgan fingerprint density at radius 3 is 2.53 bits per heavy atom. The number of aliphatic hydroxyl groups is 1. The van der Waals surface area contributed by atoms with Crippen LogP contribution in [-0.2, 0) is 6.61 Å². The van der Waals surface area contributed by atoms with Crippen LogP contribution in [0.4, 0.5) is 19.0 Å². The van der Waals surface area contributed by atoms with Crippen LogP contribution < -0.4 is 10.3 Å². The highest BCUT2D eigenvalue weighted by Gasteiger charge is 2.34. The van der Waals surface area contributed by atoms with Crippen molar-refractivity contribution in [3.8, 4) is 5.75 Å². The van der Waals surface area contributed by atoms with E-state index in [0.29, 0.717) is 6.07 Å². The topological polar surface area (TPSA) is 105 Å². The number of nitro groups is 1. The van der Waals surface area contributed by atoms with Crippen LogP contribution >= 0.6 is 0 Å². The molecule has 2 N–H and O–H groups in total. The number of alkyl halides is 3. The van der Waals surface area contributed by atoms with Gasteiger partial charge in [-0.15, -0.1) is 13.2 Å². The summed E-state index contributed by atoms with van der Waals surface area (Å²) in [5.41, 5.74) is -1.90. The molecular formula is C7H5F3N2O5. The van der Waals surface area contributed by atoms with Crippen molar-refractivity contribution in [3.63, 3.8) is 0 Å². The SMILES string of the molecule is O=c1cc(OC(F)(F)F)c(CO)c([N+](=O)[O-])[nH]1. The zero-order valence-corrected chi connectivity index (χ0v) is 7.95. The lowest BCUT2D eigenvalue weighted by Gasteiger charge is -2.11. The first-order chi connectivity index (χ1) is 7.74. The standard InChI is InChI=1S/C7H5F3N2O5/c8-7(9,10)17-4-1-5(14)11-6(12(15)16)3(4)2-13/h1,13H,2H2,(H,11,14). The van der Waals surface area contributed by atoms with E-state index >= 15 is 0 Å². The average molecular weight is 254 g/mol. The monoisotopic (exact) mass is 254 g/mol. The van der Waals surface area contributed by atoms with E-state index in [-0.39, 0.29) is 0 Å². The molecule has 0 fully saturated rings. The van der Waals surface area contributed by atoms with Crippen molar-refractivity contribution < 1.29 is 27.9 Å². The Morgan fingerprint density at radius 1 is 1.53 bits per heavy atom. The molecule has 1 aromatic heterocycles. The number of aromatic amines is 1. The zero-order valence-electron chi connectivity index (χ0n) is 7.95. The molecule has 1 heterocycles. The van der Waals surface area contributed by atoms with Gasteiger partial charge >= 0.3 is 17.7 Å². The first-order valence-electron chi connectivity index (χ1n) is 4.02. The Bertz CT molecular complexity index is 495. The van der Waals surface area contributed by atoms with Crippen LogP contribution in [0.25, 0.3) is 0 Å². The number of hydrogen-bond acceptors (Lipinski definition) is 5. The highest BCUT2D eigenvalue weighted by Crippen LogP contribution is 2.29. The summed E-state index contributed by atoms with van der Waals surface area (Å²) in [6, 6.07) is 0.367. The van der Waals surface area contributed by atoms with E-state index in [0.717, 1.165) is 0 Å². The molecule has 17 heavy (non-hydrogen) atoms. The summed E-state index contributed by atoms with van der Waals surface area (Å²) in [5, 5.41) is 19.2. The van der Waals surface area contributed by atoms with Gasteiger partial charge in [-0.05, 0) is 4.92 Å². The number of rotatable bonds is 3. The minimum absolute atomic E-state index is 0.367. The second kappa shape index (κ2) is 4.41. The predicted octanol–water partition coefficient (Wildman–Crippen LogP) is 0.674. The Balaban J connectivity index is 3.38. The summed E-state index contributed by atoms with van der Waals surface area (Å²) in [7, 11) is 0. The molecule has 0 aliphatic carbocycles. The van der Waals surface area contributed by atoms with E-state index < -0.39 is 40.6 Å². The van der Waals surface area contributed by atoms with Gasteiger partial charge in [0.25, 0.3) is 0 Å². The maximum Gasteiger partial charge on any atom is 0.573 e. The van der Waals surface area contributed by atoms with Gasteiger partial charge in [-0.2, -0.15) is 0 Å². The summed E-state index contributed by atoms with van der Waals surface area (Å²) >= 11 is 0. The Morgan fingerprint density at radius 2 is 2.12 bits per heavy atom. The van der Waals surface area contributed by atoms with Crippen LogP contribution in [0.1, 0.15) is 5.56 Å². The van der Waals surface area contributed by atoms with Gasteiger partial charge in [-0.1, -0.05) is 0 Å². The quantitative estimate of drug-likeness (QED) is 0.609.